The van der Waals surface area contributed by atoms with Gasteiger partial charge in [0.15, 0.2) is 5.69 Å². The van der Waals surface area contributed by atoms with Gasteiger partial charge in [0, 0.05) is 6.07 Å². The van der Waals surface area contributed by atoms with Crippen molar-refractivity contribution in [2.24, 2.45) is 0 Å². The summed E-state index contributed by atoms with van der Waals surface area (Å²) in [4.78, 5) is 13.3. The van der Waals surface area contributed by atoms with Gasteiger partial charge in [-0.25, -0.2) is 18.0 Å². The molecule has 1 heterocycles. The average Bonchev–Trinajstić information content (AvgIpc) is 3.40. The number of carbonyl (C=O) groups excluding carboxylic acids is 1. The van der Waals surface area contributed by atoms with Crippen LogP contribution < -0.4 is 10.0 Å². The predicted molar refractivity (Wildman–Crippen MR) is 147 cm³/mol. The molecule has 4 aromatic rings. The van der Waals surface area contributed by atoms with Crippen LogP contribution in [0.25, 0.3) is 5.69 Å². The van der Waals surface area contributed by atoms with E-state index < -0.39 is 51.1 Å². The highest BCUT2D eigenvalue weighted by atomic mass is 32.2. The zero-order chi connectivity index (χ0) is 29.9. The summed E-state index contributed by atoms with van der Waals surface area (Å²) < 4.78 is 71.7. The van der Waals surface area contributed by atoms with Crippen LogP contribution >= 0.6 is 0 Å². The largest absolute Gasteiger partial charge is 0.435 e. The normalized spacial score (nSPS) is 13.3. The predicted octanol–water partition coefficient (Wildman–Crippen LogP) is 6.30. The maximum Gasteiger partial charge on any atom is 0.435 e. The minimum Gasteiger partial charge on any atom is -0.318 e. The SMILES string of the molecule is CC(C)(C)[S@@](=O)NC(c1ccccc1)c1ccc(F)c(NC(=O)c2cc(C(F)(F)F)nn2-c2cccc(C#N)c2)c1. The number of halogens is 4. The number of alkyl halides is 3. The maximum absolute atomic E-state index is 14.9. The van der Waals surface area contributed by atoms with Gasteiger partial charge in [-0.15, -0.1) is 0 Å². The van der Waals surface area contributed by atoms with Gasteiger partial charge in [-0.1, -0.05) is 42.5 Å². The van der Waals surface area contributed by atoms with E-state index in [2.05, 4.69) is 15.1 Å². The highest BCUT2D eigenvalue weighted by Gasteiger charge is 2.36. The molecule has 0 aliphatic rings. The Balaban J connectivity index is 1.74. The Hall–Kier alpha value is -4.34. The van der Waals surface area contributed by atoms with E-state index in [1.54, 1.807) is 45.0 Å². The second-order valence-corrected chi connectivity index (χ2v) is 12.0. The molecular formula is C29H25F4N5O2S. The minimum absolute atomic E-state index is 0.0388. The fraction of sp³-hybridized carbons (Fsp3) is 0.207. The van der Waals surface area contributed by atoms with Crippen molar-refractivity contribution < 1.29 is 26.6 Å². The second kappa shape index (κ2) is 11.6. The second-order valence-electron chi connectivity index (χ2n) is 10.0. The molecule has 0 bridgehead atoms. The number of aromatic nitrogens is 2. The summed E-state index contributed by atoms with van der Waals surface area (Å²) in [6.07, 6.45) is -4.87. The lowest BCUT2D eigenvalue weighted by Gasteiger charge is -2.25. The highest BCUT2D eigenvalue weighted by Crippen LogP contribution is 2.31. The number of nitrogens with one attached hydrogen (secondary N) is 2. The van der Waals surface area contributed by atoms with Crippen molar-refractivity contribution in [1.29, 1.82) is 5.26 Å². The summed E-state index contributed by atoms with van der Waals surface area (Å²) in [5.74, 6) is -1.90. The number of rotatable bonds is 7. The third-order valence-corrected chi connectivity index (χ3v) is 7.50. The van der Waals surface area contributed by atoms with Gasteiger partial charge in [-0.2, -0.15) is 23.5 Å². The molecule has 1 unspecified atom stereocenters. The minimum atomic E-state index is -4.87. The van der Waals surface area contributed by atoms with Crippen LogP contribution in [-0.4, -0.2) is 24.6 Å². The zero-order valence-corrected chi connectivity index (χ0v) is 23.0. The summed E-state index contributed by atoms with van der Waals surface area (Å²) >= 11 is 0. The fourth-order valence-corrected chi connectivity index (χ4v) is 4.69. The zero-order valence-electron chi connectivity index (χ0n) is 22.2. The molecule has 0 saturated heterocycles. The maximum atomic E-state index is 14.9. The Labute approximate surface area is 236 Å². The third-order valence-electron chi connectivity index (χ3n) is 5.94. The molecular weight excluding hydrogens is 558 g/mol. The Bertz CT molecular complexity index is 1640. The molecule has 2 N–H and O–H groups in total. The summed E-state index contributed by atoms with van der Waals surface area (Å²) in [6, 6.07) is 20.2. The Morgan fingerprint density at radius 1 is 0.976 bits per heavy atom. The topological polar surface area (TPSA) is 99.8 Å². The van der Waals surface area contributed by atoms with Gasteiger partial charge in [0.1, 0.15) is 11.5 Å². The summed E-state index contributed by atoms with van der Waals surface area (Å²) in [5, 5.41) is 15.1. The first kappa shape index (κ1) is 29.6. The quantitative estimate of drug-likeness (QED) is 0.250. The number of amides is 1. The molecule has 7 nitrogen and oxygen atoms in total. The van der Waals surface area contributed by atoms with E-state index in [4.69, 9.17) is 0 Å². The first-order valence-electron chi connectivity index (χ1n) is 12.3. The van der Waals surface area contributed by atoms with E-state index in [1.807, 2.05) is 12.1 Å². The van der Waals surface area contributed by atoms with E-state index in [0.717, 1.165) is 16.3 Å². The Morgan fingerprint density at radius 2 is 1.68 bits per heavy atom. The van der Waals surface area contributed by atoms with Crippen LogP contribution in [0.3, 0.4) is 0 Å². The van der Waals surface area contributed by atoms with Crippen LogP contribution in [0.4, 0.5) is 23.2 Å². The van der Waals surface area contributed by atoms with Gasteiger partial charge in [-0.05, 0) is 62.2 Å². The molecule has 4 rings (SSSR count). The van der Waals surface area contributed by atoms with Crippen LogP contribution in [0.15, 0.2) is 78.9 Å². The number of carbonyl (C=O) groups is 1. The van der Waals surface area contributed by atoms with E-state index in [9.17, 15) is 31.8 Å². The highest BCUT2D eigenvalue weighted by molar-refractivity contribution is 7.84. The number of hydrogen-bond donors (Lipinski definition) is 2. The molecule has 212 valence electrons. The van der Waals surface area contributed by atoms with Gasteiger partial charge >= 0.3 is 6.18 Å². The van der Waals surface area contributed by atoms with Crippen molar-refractivity contribution in [2.45, 2.75) is 37.7 Å². The lowest BCUT2D eigenvalue weighted by molar-refractivity contribution is -0.141. The number of benzene rings is 3. The molecule has 0 radical (unpaired) electrons. The van der Waals surface area contributed by atoms with E-state index in [1.165, 1.54) is 36.4 Å². The van der Waals surface area contributed by atoms with Gasteiger partial charge in [-0.3, -0.25) is 4.79 Å². The van der Waals surface area contributed by atoms with Crippen molar-refractivity contribution in [3.63, 3.8) is 0 Å². The van der Waals surface area contributed by atoms with Crippen LogP contribution in [0.5, 0.6) is 0 Å². The summed E-state index contributed by atoms with van der Waals surface area (Å²) in [5.41, 5.74) is -0.804. The lowest BCUT2D eigenvalue weighted by atomic mass is 9.99. The monoisotopic (exact) mass is 583 g/mol. The van der Waals surface area contributed by atoms with Crippen molar-refractivity contribution >= 4 is 22.6 Å². The van der Waals surface area contributed by atoms with Gasteiger partial charge < -0.3 is 5.32 Å². The molecule has 0 fully saturated rings. The smallest absolute Gasteiger partial charge is 0.318 e. The third kappa shape index (κ3) is 6.87. The first-order chi connectivity index (χ1) is 19.3. The first-order valence-corrected chi connectivity index (χ1v) is 13.4. The molecule has 2 atom stereocenters. The van der Waals surface area contributed by atoms with Crippen molar-refractivity contribution in [1.82, 2.24) is 14.5 Å². The standard InChI is InChI=1S/C29H25F4N5O2S/c1-28(2,3)41(40)37-26(19-9-5-4-6-10-19)20-12-13-22(30)23(15-20)35-27(39)24-16-25(29(31,32)33)36-38(24)21-11-7-8-18(14-21)17-34/h4-16,26,37H,1-3H3,(H,35,39)/t26?,41-/m1/s1. The van der Waals surface area contributed by atoms with Crippen molar-refractivity contribution in [3.05, 3.63) is 113 Å². The average molecular weight is 584 g/mol. The Morgan fingerprint density at radius 3 is 2.32 bits per heavy atom. The molecule has 12 heteroatoms. The number of nitriles is 1. The van der Waals surface area contributed by atoms with Crippen molar-refractivity contribution in [3.8, 4) is 11.8 Å². The Kier molecular flexibility index (Phi) is 8.42. The summed E-state index contributed by atoms with van der Waals surface area (Å²) in [6.45, 7) is 5.37. The van der Waals surface area contributed by atoms with E-state index >= 15 is 0 Å². The van der Waals surface area contributed by atoms with Gasteiger partial charge in [0.05, 0.1) is 44.8 Å². The van der Waals surface area contributed by atoms with Gasteiger partial charge in [0.2, 0.25) is 0 Å². The number of anilines is 1. The van der Waals surface area contributed by atoms with Gasteiger partial charge in [0.25, 0.3) is 5.91 Å². The molecule has 0 aliphatic heterocycles. The van der Waals surface area contributed by atoms with Crippen LogP contribution in [0, 0.1) is 17.1 Å². The van der Waals surface area contributed by atoms with Crippen molar-refractivity contribution in [2.75, 3.05) is 5.32 Å². The number of nitrogens with zero attached hydrogens (tertiary/aromatic N) is 3. The van der Waals surface area contributed by atoms with E-state index in [-0.39, 0.29) is 16.9 Å². The molecule has 1 amide bonds. The van der Waals surface area contributed by atoms with Crippen LogP contribution in [-0.2, 0) is 17.2 Å². The molecule has 3 aromatic carbocycles. The lowest BCUT2D eigenvalue weighted by Crippen LogP contribution is -2.36. The molecule has 0 aliphatic carbocycles. The molecule has 1 aromatic heterocycles. The molecule has 0 spiro atoms. The fourth-order valence-electron chi connectivity index (χ4n) is 3.85. The number of hydrogen-bond acceptors (Lipinski definition) is 4. The molecule has 41 heavy (non-hydrogen) atoms. The molecule has 0 saturated carbocycles. The van der Waals surface area contributed by atoms with E-state index in [0.29, 0.717) is 11.6 Å². The summed E-state index contributed by atoms with van der Waals surface area (Å²) in [7, 11) is -1.53. The van der Waals surface area contributed by atoms with Crippen LogP contribution in [0.2, 0.25) is 0 Å². The van der Waals surface area contributed by atoms with Crippen LogP contribution in [0.1, 0.15) is 59.7 Å².